The van der Waals surface area contributed by atoms with Crippen molar-refractivity contribution in [1.82, 2.24) is 0 Å². The van der Waals surface area contributed by atoms with Gasteiger partial charge in [0, 0.05) is 5.69 Å². The Morgan fingerprint density at radius 3 is 2.57 bits per heavy atom. The highest BCUT2D eigenvalue weighted by Crippen LogP contribution is 2.23. The molecule has 21 heavy (non-hydrogen) atoms. The van der Waals surface area contributed by atoms with E-state index >= 15 is 0 Å². The summed E-state index contributed by atoms with van der Waals surface area (Å²) in [4.78, 5) is 12.2. The molecule has 2 aromatic rings. The standard InChI is InChI=1S/C17H19NO3/c1-3-21-17(20)16(13-7-9-15(19)10-8-13)18-14-6-4-5-12(2)11-14/h4-11,16,18-19H,3H2,1-2H3. The van der Waals surface area contributed by atoms with Gasteiger partial charge in [-0.15, -0.1) is 0 Å². The van der Waals surface area contributed by atoms with E-state index in [4.69, 9.17) is 4.74 Å². The van der Waals surface area contributed by atoms with Gasteiger partial charge in [0.1, 0.15) is 5.75 Å². The number of hydrogen-bond acceptors (Lipinski definition) is 4. The molecular weight excluding hydrogens is 266 g/mol. The van der Waals surface area contributed by atoms with Crippen LogP contribution in [0.25, 0.3) is 0 Å². The third-order valence-corrected chi connectivity index (χ3v) is 3.08. The molecule has 0 saturated heterocycles. The van der Waals surface area contributed by atoms with Crippen LogP contribution in [0.2, 0.25) is 0 Å². The van der Waals surface area contributed by atoms with E-state index in [0.717, 1.165) is 16.8 Å². The van der Waals surface area contributed by atoms with Crippen LogP contribution in [-0.2, 0) is 9.53 Å². The van der Waals surface area contributed by atoms with Crippen LogP contribution in [-0.4, -0.2) is 17.7 Å². The molecule has 0 aromatic heterocycles. The summed E-state index contributed by atoms with van der Waals surface area (Å²) in [6.07, 6.45) is 0. The van der Waals surface area contributed by atoms with Crippen LogP contribution >= 0.6 is 0 Å². The summed E-state index contributed by atoms with van der Waals surface area (Å²) in [7, 11) is 0. The summed E-state index contributed by atoms with van der Waals surface area (Å²) in [5, 5.41) is 12.6. The first-order chi connectivity index (χ1) is 10.1. The van der Waals surface area contributed by atoms with Crippen molar-refractivity contribution in [2.75, 3.05) is 11.9 Å². The number of hydrogen-bond donors (Lipinski definition) is 2. The number of rotatable bonds is 5. The van der Waals surface area contributed by atoms with Crippen LogP contribution in [0.15, 0.2) is 48.5 Å². The summed E-state index contributed by atoms with van der Waals surface area (Å²) in [5.74, 6) is -0.179. The Kier molecular flexibility index (Phi) is 4.82. The number of phenolic OH excluding ortho intramolecular Hbond substituents is 1. The predicted molar refractivity (Wildman–Crippen MR) is 82.3 cm³/mol. The summed E-state index contributed by atoms with van der Waals surface area (Å²) < 4.78 is 5.13. The fourth-order valence-electron chi connectivity index (χ4n) is 2.07. The molecule has 0 saturated carbocycles. The van der Waals surface area contributed by atoms with Gasteiger partial charge in [-0.3, -0.25) is 0 Å². The molecule has 0 amide bonds. The minimum absolute atomic E-state index is 0.164. The number of anilines is 1. The van der Waals surface area contributed by atoms with Crippen LogP contribution in [0.4, 0.5) is 5.69 Å². The van der Waals surface area contributed by atoms with E-state index in [1.807, 2.05) is 31.2 Å². The Morgan fingerprint density at radius 2 is 1.95 bits per heavy atom. The number of aryl methyl sites for hydroxylation is 1. The number of benzene rings is 2. The fraction of sp³-hybridized carbons (Fsp3) is 0.235. The highest BCUT2D eigenvalue weighted by Gasteiger charge is 2.21. The maximum absolute atomic E-state index is 12.2. The highest BCUT2D eigenvalue weighted by atomic mass is 16.5. The average molecular weight is 285 g/mol. The van der Waals surface area contributed by atoms with Gasteiger partial charge >= 0.3 is 5.97 Å². The molecule has 0 aliphatic carbocycles. The van der Waals surface area contributed by atoms with Gasteiger partial charge in [-0.2, -0.15) is 0 Å². The fourth-order valence-corrected chi connectivity index (χ4v) is 2.07. The number of ether oxygens (including phenoxy) is 1. The Morgan fingerprint density at radius 1 is 1.24 bits per heavy atom. The Bertz CT molecular complexity index is 608. The maximum Gasteiger partial charge on any atom is 0.333 e. The van der Waals surface area contributed by atoms with E-state index in [-0.39, 0.29) is 11.7 Å². The molecule has 2 N–H and O–H groups in total. The van der Waals surface area contributed by atoms with Crippen LogP contribution in [0.1, 0.15) is 24.1 Å². The van der Waals surface area contributed by atoms with Crippen molar-refractivity contribution in [3.8, 4) is 5.75 Å². The molecule has 0 spiro atoms. The molecular formula is C17H19NO3. The number of esters is 1. The molecule has 0 aliphatic rings. The van der Waals surface area contributed by atoms with Crippen LogP contribution in [0.3, 0.4) is 0 Å². The van der Waals surface area contributed by atoms with E-state index < -0.39 is 6.04 Å². The second-order valence-corrected chi connectivity index (χ2v) is 4.79. The molecule has 0 heterocycles. The van der Waals surface area contributed by atoms with Crippen molar-refractivity contribution in [1.29, 1.82) is 0 Å². The third-order valence-electron chi connectivity index (χ3n) is 3.08. The largest absolute Gasteiger partial charge is 0.508 e. The van der Waals surface area contributed by atoms with Gasteiger partial charge in [0.15, 0.2) is 6.04 Å². The molecule has 0 aliphatic heterocycles. The Balaban J connectivity index is 2.27. The SMILES string of the molecule is CCOC(=O)C(Nc1cccc(C)c1)c1ccc(O)cc1. The lowest BCUT2D eigenvalue weighted by Crippen LogP contribution is -2.23. The first-order valence-corrected chi connectivity index (χ1v) is 6.89. The predicted octanol–water partition coefficient (Wildman–Crippen LogP) is 3.42. The first-order valence-electron chi connectivity index (χ1n) is 6.89. The second-order valence-electron chi connectivity index (χ2n) is 4.79. The van der Waals surface area contributed by atoms with Gasteiger partial charge < -0.3 is 15.2 Å². The Labute approximate surface area is 124 Å². The van der Waals surface area contributed by atoms with Crippen molar-refractivity contribution >= 4 is 11.7 Å². The zero-order chi connectivity index (χ0) is 15.2. The minimum atomic E-state index is -0.604. The summed E-state index contributed by atoms with van der Waals surface area (Å²) in [6, 6.07) is 13.7. The quantitative estimate of drug-likeness (QED) is 0.826. The van der Waals surface area contributed by atoms with E-state index in [0.29, 0.717) is 6.61 Å². The van der Waals surface area contributed by atoms with Crippen molar-refractivity contribution in [3.05, 3.63) is 59.7 Å². The van der Waals surface area contributed by atoms with Crippen molar-refractivity contribution in [2.24, 2.45) is 0 Å². The number of phenols is 1. The third kappa shape index (κ3) is 3.99. The van der Waals surface area contributed by atoms with Crippen LogP contribution in [0, 0.1) is 6.92 Å². The maximum atomic E-state index is 12.2. The van der Waals surface area contributed by atoms with Gasteiger partial charge in [-0.1, -0.05) is 24.3 Å². The first kappa shape index (κ1) is 14.9. The minimum Gasteiger partial charge on any atom is -0.508 e. The van der Waals surface area contributed by atoms with Gasteiger partial charge in [-0.05, 0) is 49.2 Å². The molecule has 110 valence electrons. The molecule has 0 fully saturated rings. The van der Waals surface area contributed by atoms with Gasteiger partial charge in [0.2, 0.25) is 0 Å². The summed E-state index contributed by atoms with van der Waals surface area (Å²) in [6.45, 7) is 4.09. The molecule has 0 bridgehead atoms. The number of aromatic hydroxyl groups is 1. The Hall–Kier alpha value is -2.49. The zero-order valence-corrected chi connectivity index (χ0v) is 12.2. The van der Waals surface area contributed by atoms with Crippen LogP contribution in [0.5, 0.6) is 5.75 Å². The molecule has 1 unspecified atom stereocenters. The smallest absolute Gasteiger partial charge is 0.333 e. The van der Waals surface area contributed by atoms with E-state index in [2.05, 4.69) is 5.32 Å². The molecule has 0 radical (unpaired) electrons. The van der Waals surface area contributed by atoms with Crippen molar-refractivity contribution < 1.29 is 14.6 Å². The lowest BCUT2D eigenvalue weighted by atomic mass is 10.1. The molecule has 4 nitrogen and oxygen atoms in total. The van der Waals surface area contributed by atoms with Gasteiger partial charge in [0.05, 0.1) is 6.61 Å². The summed E-state index contributed by atoms with van der Waals surface area (Å²) >= 11 is 0. The molecule has 4 heteroatoms. The normalized spacial score (nSPS) is 11.7. The zero-order valence-electron chi connectivity index (χ0n) is 12.2. The van der Waals surface area contributed by atoms with E-state index in [1.54, 1.807) is 31.2 Å². The lowest BCUT2D eigenvalue weighted by molar-refractivity contribution is -0.144. The summed E-state index contributed by atoms with van der Waals surface area (Å²) in [5.41, 5.74) is 2.70. The monoisotopic (exact) mass is 285 g/mol. The van der Waals surface area contributed by atoms with Gasteiger partial charge in [0.25, 0.3) is 0 Å². The van der Waals surface area contributed by atoms with Gasteiger partial charge in [-0.25, -0.2) is 4.79 Å². The van der Waals surface area contributed by atoms with Crippen molar-refractivity contribution in [3.63, 3.8) is 0 Å². The number of nitrogens with one attached hydrogen (secondary N) is 1. The highest BCUT2D eigenvalue weighted by molar-refractivity contribution is 5.81. The second kappa shape index (κ2) is 6.79. The number of carbonyl (C=O) groups excluding carboxylic acids is 1. The molecule has 2 aromatic carbocycles. The molecule has 2 rings (SSSR count). The number of carbonyl (C=O) groups is 1. The van der Waals surface area contributed by atoms with Crippen molar-refractivity contribution in [2.45, 2.75) is 19.9 Å². The lowest BCUT2D eigenvalue weighted by Gasteiger charge is -2.19. The van der Waals surface area contributed by atoms with Crippen LogP contribution < -0.4 is 5.32 Å². The van der Waals surface area contributed by atoms with E-state index in [1.165, 1.54) is 0 Å². The average Bonchev–Trinajstić information content (AvgIpc) is 2.46. The topological polar surface area (TPSA) is 58.6 Å². The molecule has 1 atom stereocenters. The van der Waals surface area contributed by atoms with E-state index in [9.17, 15) is 9.90 Å².